The monoisotopic (exact) mass is 408 g/mol. The van der Waals surface area contributed by atoms with Gasteiger partial charge >= 0.3 is 0 Å². The SMILES string of the molecule is CC(C)c1ccc(N2C(=O)CS[C@H]2c2cccc(NC(=O)C3CCCC3)c2)cc1. The Kier molecular flexibility index (Phi) is 5.95. The molecule has 0 spiro atoms. The number of hydrogen-bond donors (Lipinski definition) is 1. The molecule has 5 heteroatoms. The average molecular weight is 409 g/mol. The lowest BCUT2D eigenvalue weighted by Crippen LogP contribution is -2.28. The van der Waals surface area contributed by atoms with Crippen molar-refractivity contribution in [3.8, 4) is 0 Å². The van der Waals surface area contributed by atoms with Crippen LogP contribution in [0.25, 0.3) is 0 Å². The summed E-state index contributed by atoms with van der Waals surface area (Å²) < 4.78 is 0. The Labute approximate surface area is 177 Å². The van der Waals surface area contributed by atoms with Crippen LogP contribution in [0.2, 0.25) is 0 Å². The standard InChI is InChI=1S/C24H28N2O2S/c1-16(2)17-10-12-21(13-11-17)26-22(27)15-29-24(26)19-8-5-9-20(14-19)25-23(28)18-6-3-4-7-18/h5,8-14,16,18,24H,3-4,6-7,15H2,1-2H3,(H,25,28)/t24-/m0/s1. The average Bonchev–Trinajstić information content (AvgIpc) is 3.38. The van der Waals surface area contributed by atoms with Crippen LogP contribution in [0.15, 0.2) is 48.5 Å². The molecule has 29 heavy (non-hydrogen) atoms. The van der Waals surface area contributed by atoms with Crippen molar-refractivity contribution in [2.24, 2.45) is 5.92 Å². The van der Waals surface area contributed by atoms with Crippen LogP contribution in [0.5, 0.6) is 0 Å². The van der Waals surface area contributed by atoms with E-state index in [0.717, 1.165) is 42.6 Å². The lowest BCUT2D eigenvalue weighted by Gasteiger charge is -2.25. The molecule has 0 aromatic heterocycles. The van der Waals surface area contributed by atoms with E-state index in [1.165, 1.54) is 5.56 Å². The molecule has 2 aromatic carbocycles. The van der Waals surface area contributed by atoms with E-state index in [0.29, 0.717) is 11.7 Å². The smallest absolute Gasteiger partial charge is 0.238 e. The third kappa shape index (κ3) is 4.35. The Morgan fingerprint density at radius 2 is 1.83 bits per heavy atom. The highest BCUT2D eigenvalue weighted by molar-refractivity contribution is 8.00. The van der Waals surface area contributed by atoms with Gasteiger partial charge in [-0.15, -0.1) is 11.8 Å². The zero-order valence-electron chi connectivity index (χ0n) is 17.1. The number of benzene rings is 2. The fraction of sp³-hybridized carbons (Fsp3) is 0.417. The Hall–Kier alpha value is -2.27. The van der Waals surface area contributed by atoms with Crippen LogP contribution in [0, 0.1) is 5.92 Å². The van der Waals surface area contributed by atoms with E-state index in [2.05, 4.69) is 31.3 Å². The fourth-order valence-corrected chi connectivity index (χ4v) is 5.34. The molecule has 1 aliphatic carbocycles. The number of rotatable bonds is 5. The van der Waals surface area contributed by atoms with Crippen LogP contribution in [-0.2, 0) is 9.59 Å². The largest absolute Gasteiger partial charge is 0.326 e. The highest BCUT2D eigenvalue weighted by Gasteiger charge is 2.34. The van der Waals surface area contributed by atoms with Crippen molar-refractivity contribution >= 4 is 35.0 Å². The number of nitrogens with one attached hydrogen (secondary N) is 1. The minimum absolute atomic E-state index is 0.0734. The van der Waals surface area contributed by atoms with E-state index < -0.39 is 0 Å². The molecule has 0 unspecified atom stereocenters. The number of carbonyl (C=O) groups is 2. The van der Waals surface area contributed by atoms with Gasteiger partial charge < -0.3 is 5.32 Å². The second kappa shape index (κ2) is 8.62. The number of thioether (sulfide) groups is 1. The van der Waals surface area contributed by atoms with Crippen LogP contribution in [-0.4, -0.2) is 17.6 Å². The molecule has 0 radical (unpaired) electrons. The highest BCUT2D eigenvalue weighted by Crippen LogP contribution is 2.42. The van der Waals surface area contributed by atoms with Crippen LogP contribution in [0.1, 0.15) is 61.9 Å². The van der Waals surface area contributed by atoms with Crippen LogP contribution in [0.4, 0.5) is 11.4 Å². The first-order valence-electron chi connectivity index (χ1n) is 10.5. The predicted molar refractivity (Wildman–Crippen MR) is 120 cm³/mol. The molecule has 2 fully saturated rings. The number of hydrogen-bond acceptors (Lipinski definition) is 3. The Morgan fingerprint density at radius 1 is 1.10 bits per heavy atom. The Balaban J connectivity index is 1.54. The van der Waals surface area contributed by atoms with Gasteiger partial charge in [-0.25, -0.2) is 0 Å². The zero-order valence-corrected chi connectivity index (χ0v) is 17.9. The molecule has 1 saturated carbocycles. The zero-order chi connectivity index (χ0) is 20.4. The van der Waals surface area contributed by atoms with E-state index in [1.807, 2.05) is 41.3 Å². The molecule has 2 amide bonds. The van der Waals surface area contributed by atoms with Crippen molar-refractivity contribution in [1.82, 2.24) is 0 Å². The molecule has 152 valence electrons. The number of carbonyl (C=O) groups excluding carboxylic acids is 2. The van der Waals surface area contributed by atoms with Gasteiger partial charge in [-0.2, -0.15) is 0 Å². The normalized spacial score (nSPS) is 19.9. The molecule has 1 atom stereocenters. The minimum Gasteiger partial charge on any atom is -0.326 e. The van der Waals surface area contributed by atoms with Gasteiger partial charge in [0.25, 0.3) is 0 Å². The third-order valence-corrected chi connectivity index (χ3v) is 7.08. The molecular weight excluding hydrogens is 380 g/mol. The topological polar surface area (TPSA) is 49.4 Å². The second-order valence-electron chi connectivity index (χ2n) is 8.27. The summed E-state index contributed by atoms with van der Waals surface area (Å²) in [5, 5.41) is 3.01. The summed E-state index contributed by atoms with van der Waals surface area (Å²) >= 11 is 1.63. The highest BCUT2D eigenvalue weighted by atomic mass is 32.2. The maximum Gasteiger partial charge on any atom is 0.238 e. The first kappa shape index (κ1) is 20.0. The summed E-state index contributed by atoms with van der Waals surface area (Å²) in [5.74, 6) is 1.31. The quantitative estimate of drug-likeness (QED) is 0.689. The van der Waals surface area contributed by atoms with E-state index in [4.69, 9.17) is 0 Å². The minimum atomic E-state index is -0.0734. The Bertz CT molecular complexity index is 888. The van der Waals surface area contributed by atoms with Crippen LogP contribution >= 0.6 is 11.8 Å². The van der Waals surface area contributed by atoms with E-state index in [-0.39, 0.29) is 23.1 Å². The molecule has 4 nitrogen and oxygen atoms in total. The third-order valence-electron chi connectivity index (χ3n) is 5.87. The van der Waals surface area contributed by atoms with Crippen molar-refractivity contribution < 1.29 is 9.59 Å². The molecule has 1 N–H and O–H groups in total. The van der Waals surface area contributed by atoms with Gasteiger partial charge in [0.05, 0.1) is 5.75 Å². The number of anilines is 2. The van der Waals surface area contributed by atoms with Crippen molar-refractivity contribution in [3.05, 3.63) is 59.7 Å². The first-order valence-corrected chi connectivity index (χ1v) is 11.5. The molecule has 4 rings (SSSR count). The van der Waals surface area contributed by atoms with Crippen LogP contribution < -0.4 is 10.2 Å². The van der Waals surface area contributed by atoms with Crippen molar-refractivity contribution in [3.63, 3.8) is 0 Å². The molecule has 1 heterocycles. The number of nitrogens with zero attached hydrogens (tertiary/aromatic N) is 1. The van der Waals surface area contributed by atoms with Crippen molar-refractivity contribution in [1.29, 1.82) is 0 Å². The van der Waals surface area contributed by atoms with Gasteiger partial charge in [0.1, 0.15) is 5.37 Å². The first-order chi connectivity index (χ1) is 14.0. The summed E-state index contributed by atoms with van der Waals surface area (Å²) in [6, 6.07) is 16.2. The van der Waals surface area contributed by atoms with E-state index in [1.54, 1.807) is 11.8 Å². The lowest BCUT2D eigenvalue weighted by atomic mass is 10.0. The van der Waals surface area contributed by atoms with E-state index in [9.17, 15) is 9.59 Å². The van der Waals surface area contributed by atoms with Crippen LogP contribution in [0.3, 0.4) is 0 Å². The van der Waals surface area contributed by atoms with Gasteiger partial charge in [0.2, 0.25) is 11.8 Å². The lowest BCUT2D eigenvalue weighted by molar-refractivity contribution is -0.119. The molecule has 1 aliphatic heterocycles. The summed E-state index contributed by atoms with van der Waals surface area (Å²) in [6.45, 7) is 4.33. The molecular formula is C24H28N2O2S. The Morgan fingerprint density at radius 3 is 2.52 bits per heavy atom. The maximum absolute atomic E-state index is 12.6. The fourth-order valence-electron chi connectivity index (χ4n) is 4.17. The van der Waals surface area contributed by atoms with Gasteiger partial charge in [-0.1, -0.05) is 51.0 Å². The van der Waals surface area contributed by atoms with E-state index >= 15 is 0 Å². The summed E-state index contributed by atoms with van der Waals surface area (Å²) in [5.41, 5.74) is 4.04. The van der Waals surface area contributed by atoms with Crippen molar-refractivity contribution in [2.45, 2.75) is 50.8 Å². The summed E-state index contributed by atoms with van der Waals surface area (Å²) in [7, 11) is 0. The molecule has 0 bridgehead atoms. The maximum atomic E-state index is 12.6. The van der Waals surface area contributed by atoms with Gasteiger partial charge in [0, 0.05) is 17.3 Å². The summed E-state index contributed by atoms with van der Waals surface area (Å²) in [4.78, 5) is 27.0. The number of amides is 2. The molecule has 1 saturated heterocycles. The molecule has 2 aromatic rings. The molecule has 2 aliphatic rings. The summed E-state index contributed by atoms with van der Waals surface area (Å²) in [6.07, 6.45) is 4.25. The van der Waals surface area contributed by atoms with Crippen molar-refractivity contribution in [2.75, 3.05) is 16.0 Å². The second-order valence-corrected chi connectivity index (χ2v) is 9.34. The van der Waals surface area contributed by atoms with Gasteiger partial charge in [-0.05, 0) is 54.2 Å². The van der Waals surface area contributed by atoms with Gasteiger partial charge in [-0.3, -0.25) is 14.5 Å². The van der Waals surface area contributed by atoms with Gasteiger partial charge in [0.15, 0.2) is 0 Å². The predicted octanol–water partition coefficient (Wildman–Crippen LogP) is 5.72.